The Hall–Kier alpha value is -3.45. The van der Waals surface area contributed by atoms with Gasteiger partial charge < -0.3 is 5.32 Å². The maximum absolute atomic E-state index is 13.1. The van der Waals surface area contributed by atoms with E-state index in [1.807, 2.05) is 47.4 Å². The first-order chi connectivity index (χ1) is 15.2. The largest absolute Gasteiger partial charge is 0.352 e. The van der Waals surface area contributed by atoms with Gasteiger partial charge in [-0.2, -0.15) is 5.10 Å². The number of benzene rings is 2. The van der Waals surface area contributed by atoms with Crippen LogP contribution < -0.4 is 5.32 Å². The highest BCUT2D eigenvalue weighted by atomic mass is 32.2. The number of nitrogens with zero attached hydrogens (tertiary/aromatic N) is 3. The fraction of sp³-hybridized carbons (Fsp3) is 0.125. The molecular weight excluding hydrogens is 411 g/mol. The van der Waals surface area contributed by atoms with Crippen molar-refractivity contribution in [3.63, 3.8) is 0 Å². The molecule has 0 spiro atoms. The predicted molar refractivity (Wildman–Crippen MR) is 120 cm³/mol. The molecule has 1 N–H and O–H groups in total. The van der Waals surface area contributed by atoms with Crippen LogP contribution in [-0.4, -0.2) is 27.2 Å². The summed E-state index contributed by atoms with van der Waals surface area (Å²) >= 11 is 1.46. The van der Waals surface area contributed by atoms with Gasteiger partial charge in [0.15, 0.2) is 0 Å². The van der Waals surface area contributed by atoms with Crippen molar-refractivity contribution in [1.82, 2.24) is 20.1 Å². The number of carbonyl (C=O) groups excluding carboxylic acids is 1. The van der Waals surface area contributed by atoms with Gasteiger partial charge in [-0.3, -0.25) is 4.79 Å². The topological polar surface area (TPSA) is 59.8 Å². The van der Waals surface area contributed by atoms with Crippen LogP contribution in [0.5, 0.6) is 0 Å². The zero-order chi connectivity index (χ0) is 21.5. The summed E-state index contributed by atoms with van der Waals surface area (Å²) in [4.78, 5) is 17.1. The number of aromatic nitrogens is 3. The molecule has 2 aromatic carbocycles. The van der Waals surface area contributed by atoms with E-state index in [0.717, 1.165) is 16.8 Å². The van der Waals surface area contributed by atoms with Crippen LogP contribution in [0.4, 0.5) is 4.39 Å². The summed E-state index contributed by atoms with van der Waals surface area (Å²) in [5.41, 5.74) is 3.55. The number of hydrogen-bond donors (Lipinski definition) is 1. The van der Waals surface area contributed by atoms with Crippen molar-refractivity contribution in [2.45, 2.75) is 17.2 Å². The van der Waals surface area contributed by atoms with Crippen LogP contribution in [0.25, 0.3) is 5.69 Å². The molecular formula is C24H21FN4OS. The second kappa shape index (κ2) is 10.0. The average molecular weight is 433 g/mol. The second-order valence-electron chi connectivity index (χ2n) is 6.91. The van der Waals surface area contributed by atoms with Gasteiger partial charge in [-0.25, -0.2) is 14.1 Å². The Bertz CT molecular complexity index is 1150. The van der Waals surface area contributed by atoms with E-state index in [1.54, 1.807) is 30.5 Å². The fourth-order valence-corrected chi connectivity index (χ4v) is 3.99. The molecule has 0 aliphatic carbocycles. The summed E-state index contributed by atoms with van der Waals surface area (Å²) in [6.45, 7) is 0.496. The molecule has 156 valence electrons. The lowest BCUT2D eigenvalue weighted by atomic mass is 10.2. The summed E-state index contributed by atoms with van der Waals surface area (Å²) in [6.07, 6.45) is 6.13. The third-order valence-corrected chi connectivity index (χ3v) is 5.74. The van der Waals surface area contributed by atoms with Crippen molar-refractivity contribution in [3.8, 4) is 5.69 Å². The number of rotatable bonds is 8. The number of pyridine rings is 1. The first-order valence-corrected chi connectivity index (χ1v) is 10.9. The summed E-state index contributed by atoms with van der Waals surface area (Å²) in [5, 5.41) is 8.00. The number of amides is 1. The molecule has 5 nitrogen and oxygen atoms in total. The zero-order valence-corrected chi connectivity index (χ0v) is 17.6. The second-order valence-corrected chi connectivity index (χ2v) is 7.87. The van der Waals surface area contributed by atoms with Crippen molar-refractivity contribution in [2.75, 3.05) is 6.54 Å². The van der Waals surface area contributed by atoms with E-state index < -0.39 is 0 Å². The van der Waals surface area contributed by atoms with Crippen molar-refractivity contribution in [2.24, 2.45) is 0 Å². The van der Waals surface area contributed by atoms with E-state index >= 15 is 0 Å². The monoisotopic (exact) mass is 432 g/mol. The lowest BCUT2D eigenvalue weighted by Gasteiger charge is -2.09. The van der Waals surface area contributed by atoms with Crippen molar-refractivity contribution >= 4 is 17.7 Å². The Morgan fingerprint density at radius 2 is 1.81 bits per heavy atom. The summed E-state index contributed by atoms with van der Waals surface area (Å²) in [6, 6.07) is 19.7. The van der Waals surface area contributed by atoms with Crippen LogP contribution in [0.1, 0.15) is 21.5 Å². The molecule has 0 atom stereocenters. The quantitative estimate of drug-likeness (QED) is 0.411. The minimum atomic E-state index is -0.263. The molecule has 0 aliphatic rings. The summed E-state index contributed by atoms with van der Waals surface area (Å²) < 4.78 is 14.9. The Balaban J connectivity index is 1.33. The maximum atomic E-state index is 13.1. The Labute approximate surface area is 184 Å². The predicted octanol–water partition coefficient (Wildman–Crippen LogP) is 4.67. The van der Waals surface area contributed by atoms with Crippen LogP contribution >= 0.6 is 11.8 Å². The first kappa shape index (κ1) is 20.8. The van der Waals surface area contributed by atoms with E-state index in [2.05, 4.69) is 15.4 Å². The van der Waals surface area contributed by atoms with Crippen LogP contribution in [-0.2, 0) is 12.2 Å². The molecule has 4 aromatic rings. The average Bonchev–Trinajstić information content (AvgIpc) is 3.28. The summed E-state index contributed by atoms with van der Waals surface area (Å²) in [5.74, 6) is 0.182. The number of nitrogens with one attached hydrogen (secondary N) is 1. The number of hydrogen-bond acceptors (Lipinski definition) is 4. The van der Waals surface area contributed by atoms with E-state index in [1.165, 1.54) is 23.9 Å². The lowest BCUT2D eigenvalue weighted by Crippen LogP contribution is -2.26. The molecule has 7 heteroatoms. The van der Waals surface area contributed by atoms with E-state index in [4.69, 9.17) is 0 Å². The third kappa shape index (κ3) is 5.58. The highest BCUT2D eigenvalue weighted by Gasteiger charge is 2.13. The van der Waals surface area contributed by atoms with Gasteiger partial charge in [0, 0.05) is 24.7 Å². The smallest absolute Gasteiger partial charge is 0.254 e. The van der Waals surface area contributed by atoms with Crippen LogP contribution in [0.3, 0.4) is 0 Å². The minimum absolute atomic E-state index is 0.162. The standard InChI is InChI=1S/C24H21FN4OS/c25-20-10-8-18(9-11-20)17-31-24-22(7-4-13-27-24)23(30)26-14-12-19-15-28-29(16-19)21-5-2-1-3-6-21/h1-11,13,15-16H,12,14,17H2,(H,26,30). The fourth-order valence-electron chi connectivity index (χ4n) is 3.04. The molecule has 1 amide bonds. The van der Waals surface area contributed by atoms with Crippen LogP contribution in [0.2, 0.25) is 0 Å². The number of thioether (sulfide) groups is 1. The molecule has 0 unspecified atom stereocenters. The highest BCUT2D eigenvalue weighted by Crippen LogP contribution is 2.24. The van der Waals surface area contributed by atoms with Crippen LogP contribution in [0, 0.1) is 5.82 Å². The zero-order valence-electron chi connectivity index (χ0n) is 16.7. The SMILES string of the molecule is O=C(NCCc1cnn(-c2ccccc2)c1)c1cccnc1SCc1ccc(F)cc1. The highest BCUT2D eigenvalue weighted by molar-refractivity contribution is 7.98. The summed E-state index contributed by atoms with van der Waals surface area (Å²) in [7, 11) is 0. The maximum Gasteiger partial charge on any atom is 0.254 e. The Morgan fingerprint density at radius 3 is 2.61 bits per heavy atom. The number of para-hydroxylation sites is 1. The number of carbonyl (C=O) groups is 1. The van der Waals surface area contributed by atoms with Gasteiger partial charge in [-0.15, -0.1) is 11.8 Å². The van der Waals surface area contributed by atoms with Gasteiger partial charge in [0.05, 0.1) is 17.4 Å². The molecule has 0 aliphatic heterocycles. The molecule has 2 aromatic heterocycles. The molecule has 0 fully saturated rings. The molecule has 4 rings (SSSR count). The van der Waals surface area contributed by atoms with E-state index in [0.29, 0.717) is 29.3 Å². The Morgan fingerprint density at radius 1 is 1.00 bits per heavy atom. The van der Waals surface area contributed by atoms with Gasteiger partial charge in [0.25, 0.3) is 5.91 Å². The van der Waals surface area contributed by atoms with E-state index in [-0.39, 0.29) is 11.7 Å². The van der Waals surface area contributed by atoms with Gasteiger partial charge >= 0.3 is 0 Å². The van der Waals surface area contributed by atoms with Gasteiger partial charge in [0.2, 0.25) is 0 Å². The first-order valence-electron chi connectivity index (χ1n) is 9.88. The Kier molecular flexibility index (Phi) is 6.74. The third-order valence-electron chi connectivity index (χ3n) is 4.66. The van der Waals surface area contributed by atoms with E-state index in [9.17, 15) is 9.18 Å². The molecule has 2 heterocycles. The molecule has 0 bridgehead atoms. The number of halogens is 1. The normalized spacial score (nSPS) is 10.7. The van der Waals surface area contributed by atoms with Crippen LogP contribution in [0.15, 0.2) is 90.3 Å². The minimum Gasteiger partial charge on any atom is -0.352 e. The molecule has 0 radical (unpaired) electrons. The van der Waals surface area contributed by atoms with Gasteiger partial charge in [0.1, 0.15) is 10.8 Å². The van der Waals surface area contributed by atoms with Crippen molar-refractivity contribution in [3.05, 3.63) is 108 Å². The van der Waals surface area contributed by atoms with Gasteiger partial charge in [-0.05, 0) is 53.9 Å². The molecule has 0 saturated carbocycles. The molecule has 0 saturated heterocycles. The van der Waals surface area contributed by atoms with Gasteiger partial charge in [-0.1, -0.05) is 30.3 Å². The van der Waals surface area contributed by atoms with Crippen molar-refractivity contribution < 1.29 is 9.18 Å². The lowest BCUT2D eigenvalue weighted by molar-refractivity contribution is 0.0950. The van der Waals surface area contributed by atoms with Crippen molar-refractivity contribution in [1.29, 1.82) is 0 Å². The molecule has 31 heavy (non-hydrogen) atoms.